The maximum atomic E-state index is 5.84. The highest BCUT2D eigenvalue weighted by molar-refractivity contribution is 6.18. The first-order valence-electron chi connectivity index (χ1n) is 5.79. The van der Waals surface area contributed by atoms with Crippen LogP contribution in [0.3, 0.4) is 0 Å². The Balaban J connectivity index is 1.97. The van der Waals surface area contributed by atoms with E-state index in [1.54, 1.807) is 12.4 Å². The smallest absolute Gasteiger partial charge is 0.180 e. The Hall–Kier alpha value is -1.42. The summed E-state index contributed by atoms with van der Waals surface area (Å²) in [5.41, 5.74) is 1.53. The van der Waals surface area contributed by atoms with Crippen LogP contribution in [0.2, 0.25) is 0 Å². The molecule has 2 aromatic heterocycles. The van der Waals surface area contributed by atoms with Gasteiger partial charge in [0.05, 0.1) is 0 Å². The van der Waals surface area contributed by atoms with E-state index in [-0.39, 0.29) is 0 Å². The molecule has 1 saturated carbocycles. The first kappa shape index (κ1) is 10.7. The average Bonchev–Trinajstić information content (AvgIpc) is 3.20. The van der Waals surface area contributed by atoms with Gasteiger partial charge >= 0.3 is 0 Å². The third-order valence-corrected chi connectivity index (χ3v) is 3.09. The zero-order valence-electron chi connectivity index (χ0n) is 9.38. The molecule has 3 rings (SSSR count). The van der Waals surface area contributed by atoms with Crippen LogP contribution in [0.25, 0.3) is 11.2 Å². The summed E-state index contributed by atoms with van der Waals surface area (Å²) < 4.78 is 0. The number of aromatic nitrogens is 3. The summed E-state index contributed by atoms with van der Waals surface area (Å²) >= 11 is 5.84. The summed E-state index contributed by atoms with van der Waals surface area (Å²) in [4.78, 5) is 15.3. The van der Waals surface area contributed by atoms with Gasteiger partial charge in [-0.2, -0.15) is 0 Å². The number of hydrogen-bond acceptors (Lipinski definition) is 4. The molecule has 88 valence electrons. The number of fused-ring (bicyclic) bond motifs is 1. The van der Waals surface area contributed by atoms with Crippen molar-refractivity contribution in [2.24, 2.45) is 0 Å². The van der Waals surface area contributed by atoms with Crippen LogP contribution in [0.4, 0.5) is 5.82 Å². The largest absolute Gasteiger partial charge is 0.352 e. The van der Waals surface area contributed by atoms with Crippen LogP contribution in [0.5, 0.6) is 0 Å². The normalized spacial score (nSPS) is 15.1. The quantitative estimate of drug-likeness (QED) is 0.779. The minimum absolute atomic E-state index is 0.607. The molecule has 1 aliphatic carbocycles. The molecule has 1 fully saturated rings. The molecule has 5 heteroatoms. The molecule has 0 N–H and O–H groups in total. The van der Waals surface area contributed by atoms with Crippen LogP contribution >= 0.6 is 11.6 Å². The standard InChI is InChI=1S/C12H13ClN4/c13-5-8-17(9-1-2-9)11-4-3-10-12(16-11)15-7-6-14-10/h3-4,6-7,9H,1-2,5,8H2. The molecule has 0 radical (unpaired) electrons. The van der Waals surface area contributed by atoms with Gasteiger partial charge in [0.25, 0.3) is 0 Å². The lowest BCUT2D eigenvalue weighted by Crippen LogP contribution is -2.28. The van der Waals surface area contributed by atoms with E-state index in [9.17, 15) is 0 Å². The summed E-state index contributed by atoms with van der Waals surface area (Å²) in [6.45, 7) is 0.838. The Kier molecular flexibility index (Phi) is 2.81. The Morgan fingerprint density at radius 1 is 1.24 bits per heavy atom. The predicted octanol–water partition coefficient (Wildman–Crippen LogP) is 2.23. The fraction of sp³-hybridized carbons (Fsp3) is 0.417. The van der Waals surface area contributed by atoms with Gasteiger partial charge in [-0.1, -0.05) is 0 Å². The fourth-order valence-electron chi connectivity index (χ4n) is 1.97. The third kappa shape index (κ3) is 2.17. The van der Waals surface area contributed by atoms with Crippen molar-refractivity contribution in [3.8, 4) is 0 Å². The molecule has 0 spiro atoms. The topological polar surface area (TPSA) is 41.9 Å². The van der Waals surface area contributed by atoms with E-state index in [0.29, 0.717) is 17.6 Å². The molecule has 0 aliphatic heterocycles. The van der Waals surface area contributed by atoms with E-state index >= 15 is 0 Å². The lowest BCUT2D eigenvalue weighted by Gasteiger charge is -2.22. The second-order valence-corrected chi connectivity index (χ2v) is 4.56. The first-order valence-corrected chi connectivity index (χ1v) is 6.32. The molecule has 0 unspecified atom stereocenters. The Bertz CT molecular complexity index is 527. The van der Waals surface area contributed by atoms with Gasteiger partial charge in [-0.05, 0) is 25.0 Å². The molecular weight excluding hydrogens is 236 g/mol. The van der Waals surface area contributed by atoms with Crippen LogP contribution in [0, 0.1) is 0 Å². The number of halogens is 1. The van der Waals surface area contributed by atoms with Gasteiger partial charge in [0, 0.05) is 30.9 Å². The molecule has 2 heterocycles. The second kappa shape index (κ2) is 4.45. The van der Waals surface area contributed by atoms with Crippen molar-refractivity contribution in [1.29, 1.82) is 0 Å². The molecule has 4 nitrogen and oxygen atoms in total. The van der Waals surface area contributed by atoms with E-state index in [1.807, 2.05) is 12.1 Å². The van der Waals surface area contributed by atoms with Crippen LogP contribution in [0.1, 0.15) is 12.8 Å². The summed E-state index contributed by atoms with van der Waals surface area (Å²) in [5, 5.41) is 0. The van der Waals surface area contributed by atoms with Gasteiger partial charge in [0.2, 0.25) is 0 Å². The lowest BCUT2D eigenvalue weighted by atomic mass is 10.3. The minimum Gasteiger partial charge on any atom is -0.352 e. The number of hydrogen-bond donors (Lipinski definition) is 0. The molecule has 0 saturated heterocycles. The Labute approximate surface area is 105 Å². The zero-order chi connectivity index (χ0) is 11.7. The van der Waals surface area contributed by atoms with Gasteiger partial charge in [-0.25, -0.2) is 9.97 Å². The second-order valence-electron chi connectivity index (χ2n) is 4.18. The zero-order valence-corrected chi connectivity index (χ0v) is 10.1. The van der Waals surface area contributed by atoms with Crippen molar-refractivity contribution in [3.05, 3.63) is 24.5 Å². The van der Waals surface area contributed by atoms with Gasteiger partial charge in [0.1, 0.15) is 11.3 Å². The minimum atomic E-state index is 0.607. The summed E-state index contributed by atoms with van der Waals surface area (Å²) in [7, 11) is 0. The van der Waals surface area contributed by atoms with Crippen LogP contribution in [-0.4, -0.2) is 33.4 Å². The molecule has 17 heavy (non-hydrogen) atoms. The maximum Gasteiger partial charge on any atom is 0.180 e. The lowest BCUT2D eigenvalue weighted by molar-refractivity contribution is 0.813. The highest BCUT2D eigenvalue weighted by Crippen LogP contribution is 2.30. The van der Waals surface area contributed by atoms with Crippen LogP contribution in [-0.2, 0) is 0 Å². The molecular formula is C12H13ClN4. The van der Waals surface area contributed by atoms with Gasteiger partial charge in [-0.15, -0.1) is 11.6 Å². The maximum absolute atomic E-state index is 5.84. The van der Waals surface area contributed by atoms with E-state index in [2.05, 4.69) is 19.9 Å². The van der Waals surface area contributed by atoms with Crippen molar-refractivity contribution in [3.63, 3.8) is 0 Å². The number of nitrogens with zero attached hydrogens (tertiary/aromatic N) is 4. The van der Waals surface area contributed by atoms with Gasteiger partial charge in [0.15, 0.2) is 5.65 Å². The van der Waals surface area contributed by atoms with Crippen molar-refractivity contribution >= 4 is 28.6 Å². The number of anilines is 1. The van der Waals surface area contributed by atoms with E-state index in [4.69, 9.17) is 11.6 Å². The Morgan fingerprint density at radius 2 is 2.06 bits per heavy atom. The fourth-order valence-corrected chi connectivity index (χ4v) is 2.15. The monoisotopic (exact) mass is 248 g/mol. The van der Waals surface area contributed by atoms with Crippen molar-refractivity contribution in [2.45, 2.75) is 18.9 Å². The van der Waals surface area contributed by atoms with Crippen molar-refractivity contribution in [1.82, 2.24) is 15.0 Å². The average molecular weight is 249 g/mol. The SMILES string of the molecule is ClCCN(c1ccc2nccnc2n1)C1CC1. The molecule has 0 bridgehead atoms. The van der Waals surface area contributed by atoms with Crippen LogP contribution < -0.4 is 4.90 Å². The highest BCUT2D eigenvalue weighted by atomic mass is 35.5. The number of pyridine rings is 1. The van der Waals surface area contributed by atoms with Crippen molar-refractivity contribution in [2.75, 3.05) is 17.3 Å². The molecule has 0 amide bonds. The van der Waals surface area contributed by atoms with E-state index < -0.39 is 0 Å². The Morgan fingerprint density at radius 3 is 2.82 bits per heavy atom. The van der Waals surface area contributed by atoms with Gasteiger partial charge < -0.3 is 4.90 Å². The molecule has 0 atom stereocenters. The first-order chi connectivity index (χ1) is 8.38. The van der Waals surface area contributed by atoms with E-state index in [0.717, 1.165) is 17.9 Å². The summed E-state index contributed by atoms with van der Waals surface area (Å²) in [6.07, 6.45) is 5.82. The number of rotatable bonds is 4. The molecule has 1 aliphatic rings. The highest BCUT2D eigenvalue weighted by Gasteiger charge is 2.29. The van der Waals surface area contributed by atoms with Gasteiger partial charge in [-0.3, -0.25) is 4.98 Å². The third-order valence-electron chi connectivity index (χ3n) is 2.92. The summed E-state index contributed by atoms with van der Waals surface area (Å²) in [6, 6.07) is 4.58. The van der Waals surface area contributed by atoms with Crippen molar-refractivity contribution < 1.29 is 0 Å². The van der Waals surface area contributed by atoms with Crippen LogP contribution in [0.15, 0.2) is 24.5 Å². The summed E-state index contributed by atoms with van der Waals surface area (Å²) in [5.74, 6) is 1.58. The molecule has 0 aromatic carbocycles. The van der Waals surface area contributed by atoms with E-state index in [1.165, 1.54) is 12.8 Å². The number of alkyl halides is 1. The molecule has 2 aromatic rings. The predicted molar refractivity (Wildman–Crippen MR) is 68.4 cm³/mol.